The Kier molecular flexibility index (Phi) is 5.32. The van der Waals surface area contributed by atoms with Crippen molar-refractivity contribution in [1.82, 2.24) is 9.78 Å². The number of hydrogen-bond acceptors (Lipinski definition) is 4. The minimum atomic E-state index is -0.374. The highest BCUT2D eigenvalue weighted by Gasteiger charge is 2.12. The van der Waals surface area contributed by atoms with Crippen molar-refractivity contribution in [3.63, 3.8) is 0 Å². The van der Waals surface area contributed by atoms with Gasteiger partial charge in [0.05, 0.1) is 30.1 Å². The molecule has 0 aliphatic heterocycles. The monoisotopic (exact) mass is 387 g/mol. The van der Waals surface area contributed by atoms with E-state index in [1.54, 1.807) is 36.4 Å². The highest BCUT2D eigenvalue weighted by Crippen LogP contribution is 2.30. The summed E-state index contributed by atoms with van der Waals surface area (Å²) in [6.07, 6.45) is -0.000977. The number of halogens is 1. The molecule has 0 aliphatic carbocycles. The Balaban J connectivity index is 1.78. The fourth-order valence-corrected chi connectivity index (χ4v) is 2.91. The van der Waals surface area contributed by atoms with E-state index in [4.69, 9.17) is 16.3 Å². The Morgan fingerprint density at radius 3 is 2.63 bits per heavy atom. The zero-order valence-electron chi connectivity index (χ0n) is 14.8. The van der Waals surface area contributed by atoms with Crippen LogP contribution in [0.4, 0.5) is 5.69 Å². The molecular weight excluding hydrogens is 370 g/mol. The summed E-state index contributed by atoms with van der Waals surface area (Å²) in [5, 5.41) is 6.42. The number of fused-ring (bicyclic) bond motifs is 1. The fraction of sp³-hybridized carbons (Fsp3) is 0.211. The van der Waals surface area contributed by atoms with Gasteiger partial charge in [-0.1, -0.05) is 23.7 Å². The number of aromatic nitrogens is 2. The molecule has 0 saturated heterocycles. The lowest BCUT2D eigenvalue weighted by Gasteiger charge is -2.12. The molecule has 1 heterocycles. The summed E-state index contributed by atoms with van der Waals surface area (Å²) in [4.78, 5) is 36.9. The van der Waals surface area contributed by atoms with Crippen LogP contribution < -0.4 is 21.2 Å². The van der Waals surface area contributed by atoms with Crippen LogP contribution in [0.3, 0.4) is 0 Å². The molecule has 27 heavy (non-hydrogen) atoms. The summed E-state index contributed by atoms with van der Waals surface area (Å²) in [7, 11) is 1.48. The molecule has 2 N–H and O–H groups in total. The lowest BCUT2D eigenvalue weighted by Crippen LogP contribution is -2.31. The first kappa shape index (κ1) is 18.7. The minimum absolute atomic E-state index is 0.000977. The zero-order chi connectivity index (χ0) is 19.6. The standard InChI is InChI=1S/C19H18ClN3O4/c1-11-9-15(16(27-2)10-14(11)20)21-17(24)7-8-23-19(26)13-6-4-3-5-12(13)18(25)22-23/h3-6,9-10H,7-8H2,1-2H3,(H,21,24)(H,22,25). The van der Waals surface area contributed by atoms with Gasteiger partial charge in [0.15, 0.2) is 0 Å². The maximum Gasteiger partial charge on any atom is 0.273 e. The van der Waals surface area contributed by atoms with Crippen molar-refractivity contribution in [3.05, 3.63) is 67.7 Å². The Morgan fingerprint density at radius 1 is 1.22 bits per heavy atom. The minimum Gasteiger partial charge on any atom is -0.495 e. The molecule has 140 valence electrons. The van der Waals surface area contributed by atoms with Gasteiger partial charge in [-0.05, 0) is 30.7 Å². The van der Waals surface area contributed by atoms with Gasteiger partial charge in [-0.2, -0.15) is 0 Å². The number of nitrogens with zero attached hydrogens (tertiary/aromatic N) is 1. The van der Waals surface area contributed by atoms with E-state index >= 15 is 0 Å². The number of carbonyl (C=O) groups is 1. The number of aryl methyl sites for hydroxylation is 2. The number of methoxy groups -OCH3 is 1. The lowest BCUT2D eigenvalue weighted by molar-refractivity contribution is -0.116. The van der Waals surface area contributed by atoms with Crippen LogP contribution in [0.2, 0.25) is 5.02 Å². The third-order valence-corrected chi connectivity index (χ3v) is 4.61. The van der Waals surface area contributed by atoms with Gasteiger partial charge >= 0.3 is 0 Å². The smallest absolute Gasteiger partial charge is 0.273 e. The van der Waals surface area contributed by atoms with Crippen LogP contribution in [0, 0.1) is 6.92 Å². The van der Waals surface area contributed by atoms with Crippen LogP contribution in [0.15, 0.2) is 46.0 Å². The summed E-state index contributed by atoms with van der Waals surface area (Å²) >= 11 is 6.06. The van der Waals surface area contributed by atoms with Crippen LogP contribution >= 0.6 is 11.6 Å². The first-order valence-electron chi connectivity index (χ1n) is 8.26. The van der Waals surface area contributed by atoms with Gasteiger partial charge in [0, 0.05) is 17.5 Å². The molecular formula is C19H18ClN3O4. The van der Waals surface area contributed by atoms with Crippen molar-refractivity contribution < 1.29 is 9.53 Å². The van der Waals surface area contributed by atoms with E-state index in [9.17, 15) is 14.4 Å². The molecule has 0 fully saturated rings. The first-order valence-corrected chi connectivity index (χ1v) is 8.64. The van der Waals surface area contributed by atoms with Gasteiger partial charge in [-0.15, -0.1) is 0 Å². The number of rotatable bonds is 5. The molecule has 0 saturated carbocycles. The Morgan fingerprint density at radius 2 is 1.93 bits per heavy atom. The molecule has 3 rings (SSSR count). The van der Waals surface area contributed by atoms with Gasteiger partial charge in [0.25, 0.3) is 11.1 Å². The molecule has 0 unspecified atom stereocenters. The number of carbonyl (C=O) groups excluding carboxylic acids is 1. The third kappa shape index (κ3) is 3.88. The van der Waals surface area contributed by atoms with Crippen molar-refractivity contribution in [2.24, 2.45) is 0 Å². The summed E-state index contributed by atoms with van der Waals surface area (Å²) in [6.45, 7) is 1.86. The third-order valence-electron chi connectivity index (χ3n) is 4.20. The van der Waals surface area contributed by atoms with Gasteiger partial charge < -0.3 is 10.1 Å². The average molecular weight is 388 g/mol. The highest BCUT2D eigenvalue weighted by atomic mass is 35.5. The molecule has 7 nitrogen and oxygen atoms in total. The Labute approximate surface area is 159 Å². The molecule has 0 atom stereocenters. The largest absolute Gasteiger partial charge is 0.495 e. The molecule has 2 aromatic carbocycles. The van der Waals surface area contributed by atoms with E-state index in [0.29, 0.717) is 27.2 Å². The Hall–Kier alpha value is -3.06. The van der Waals surface area contributed by atoms with Crippen LogP contribution in [-0.2, 0) is 11.3 Å². The quantitative estimate of drug-likeness (QED) is 0.703. The summed E-state index contributed by atoms with van der Waals surface area (Å²) in [6, 6.07) is 9.89. The number of aromatic amines is 1. The molecule has 8 heteroatoms. The summed E-state index contributed by atoms with van der Waals surface area (Å²) in [5.41, 5.74) is 0.560. The maximum absolute atomic E-state index is 12.5. The summed E-state index contributed by atoms with van der Waals surface area (Å²) < 4.78 is 6.37. The van der Waals surface area contributed by atoms with Crippen LogP contribution in [0.5, 0.6) is 5.75 Å². The second kappa shape index (κ2) is 7.67. The number of nitrogens with one attached hydrogen (secondary N) is 2. The van der Waals surface area contributed by atoms with Crippen LogP contribution in [-0.4, -0.2) is 22.8 Å². The van der Waals surface area contributed by atoms with E-state index in [-0.39, 0.29) is 30.0 Å². The summed E-state index contributed by atoms with van der Waals surface area (Å²) in [5.74, 6) is 0.117. The molecule has 0 spiro atoms. The molecule has 1 amide bonds. The van der Waals surface area contributed by atoms with Crippen molar-refractivity contribution in [2.45, 2.75) is 19.9 Å². The second-order valence-electron chi connectivity index (χ2n) is 6.04. The molecule has 0 bridgehead atoms. The fourth-order valence-electron chi connectivity index (χ4n) is 2.76. The molecule has 0 aliphatic rings. The number of H-pyrrole nitrogens is 1. The van der Waals surface area contributed by atoms with Crippen molar-refractivity contribution in [3.8, 4) is 5.75 Å². The van der Waals surface area contributed by atoms with Crippen molar-refractivity contribution in [2.75, 3.05) is 12.4 Å². The molecule has 0 radical (unpaired) electrons. The number of ether oxygens (including phenoxy) is 1. The predicted molar refractivity (Wildman–Crippen MR) is 105 cm³/mol. The van der Waals surface area contributed by atoms with Gasteiger partial charge in [0.1, 0.15) is 5.75 Å². The SMILES string of the molecule is COc1cc(Cl)c(C)cc1NC(=O)CCn1[nH]c(=O)c2ccccc2c1=O. The van der Waals surface area contributed by atoms with Crippen molar-refractivity contribution >= 4 is 34.0 Å². The van der Waals surface area contributed by atoms with Gasteiger partial charge in [0.2, 0.25) is 5.91 Å². The van der Waals surface area contributed by atoms with Gasteiger partial charge in [-0.25, -0.2) is 4.68 Å². The van der Waals surface area contributed by atoms with E-state index in [2.05, 4.69) is 10.4 Å². The molecule has 3 aromatic rings. The first-order chi connectivity index (χ1) is 12.9. The van der Waals surface area contributed by atoms with E-state index in [1.807, 2.05) is 6.92 Å². The Bertz CT molecular complexity index is 1130. The van der Waals surface area contributed by atoms with E-state index in [1.165, 1.54) is 7.11 Å². The number of amides is 1. The zero-order valence-corrected chi connectivity index (χ0v) is 15.6. The predicted octanol–water partition coefficient (Wildman–Crippen LogP) is 2.69. The number of anilines is 1. The van der Waals surface area contributed by atoms with E-state index in [0.717, 1.165) is 10.2 Å². The average Bonchev–Trinajstić information content (AvgIpc) is 2.66. The normalized spacial score (nSPS) is 10.8. The maximum atomic E-state index is 12.5. The van der Waals surface area contributed by atoms with E-state index < -0.39 is 0 Å². The van der Waals surface area contributed by atoms with Crippen molar-refractivity contribution in [1.29, 1.82) is 0 Å². The number of benzene rings is 2. The molecule has 1 aromatic heterocycles. The second-order valence-corrected chi connectivity index (χ2v) is 6.45. The topological polar surface area (TPSA) is 93.2 Å². The number of hydrogen-bond donors (Lipinski definition) is 2. The van der Waals surface area contributed by atoms with Crippen LogP contribution in [0.25, 0.3) is 10.8 Å². The van der Waals surface area contributed by atoms with Crippen LogP contribution in [0.1, 0.15) is 12.0 Å². The van der Waals surface area contributed by atoms with Gasteiger partial charge in [-0.3, -0.25) is 19.5 Å². The lowest BCUT2D eigenvalue weighted by atomic mass is 10.2. The highest BCUT2D eigenvalue weighted by molar-refractivity contribution is 6.31.